The van der Waals surface area contributed by atoms with E-state index in [0.29, 0.717) is 0 Å². The van der Waals surface area contributed by atoms with Gasteiger partial charge in [0.15, 0.2) is 0 Å². The highest BCUT2D eigenvalue weighted by Gasteiger charge is 2.30. The summed E-state index contributed by atoms with van der Waals surface area (Å²) in [7, 11) is 0. The predicted octanol–water partition coefficient (Wildman–Crippen LogP) is 3.42. The molecule has 0 saturated carbocycles. The summed E-state index contributed by atoms with van der Waals surface area (Å²) in [4.78, 5) is 2.81. The first-order valence-electron chi connectivity index (χ1n) is 7.75. The van der Waals surface area contributed by atoms with Crippen LogP contribution in [-0.2, 0) is 0 Å². The molecule has 0 spiro atoms. The predicted molar refractivity (Wildman–Crippen MR) is 76.5 cm³/mol. The van der Waals surface area contributed by atoms with Crippen molar-refractivity contribution in [3.05, 3.63) is 0 Å². The van der Waals surface area contributed by atoms with Gasteiger partial charge in [-0.25, -0.2) is 0 Å². The van der Waals surface area contributed by atoms with Crippen molar-refractivity contribution in [1.82, 2.24) is 10.2 Å². The molecule has 0 radical (unpaired) electrons. The summed E-state index contributed by atoms with van der Waals surface area (Å²) in [6, 6.07) is 2.31. The van der Waals surface area contributed by atoms with Crippen molar-refractivity contribution in [2.45, 2.75) is 84.3 Å². The van der Waals surface area contributed by atoms with E-state index in [9.17, 15) is 0 Å². The van der Waals surface area contributed by atoms with Crippen LogP contribution in [0.3, 0.4) is 0 Å². The number of piperazine rings is 1. The van der Waals surface area contributed by atoms with Gasteiger partial charge in [0.2, 0.25) is 0 Å². The van der Waals surface area contributed by atoms with E-state index in [-0.39, 0.29) is 0 Å². The van der Waals surface area contributed by atoms with E-state index in [0.717, 1.165) is 18.1 Å². The molecule has 0 aliphatic carbocycles. The third kappa shape index (κ3) is 4.26. The molecule has 2 heteroatoms. The Kier molecular flexibility index (Phi) is 7.14. The van der Waals surface area contributed by atoms with Crippen LogP contribution >= 0.6 is 0 Å². The lowest BCUT2D eigenvalue weighted by Crippen LogP contribution is -2.59. The van der Waals surface area contributed by atoms with E-state index in [4.69, 9.17) is 0 Å². The van der Waals surface area contributed by atoms with Crippen LogP contribution in [0, 0.1) is 0 Å². The molecular weight excluding hydrogens is 208 g/mol. The van der Waals surface area contributed by atoms with Crippen LogP contribution in [0.15, 0.2) is 0 Å². The zero-order chi connectivity index (χ0) is 12.7. The van der Waals surface area contributed by atoms with Gasteiger partial charge < -0.3 is 5.32 Å². The van der Waals surface area contributed by atoms with E-state index < -0.39 is 0 Å². The van der Waals surface area contributed by atoms with Gasteiger partial charge in [0, 0.05) is 31.2 Å². The Morgan fingerprint density at radius 2 is 1.71 bits per heavy atom. The minimum Gasteiger partial charge on any atom is -0.311 e. The second kappa shape index (κ2) is 8.10. The molecular formula is C15H32N2. The Balaban J connectivity index is 2.61. The zero-order valence-corrected chi connectivity index (χ0v) is 12.3. The van der Waals surface area contributed by atoms with Crippen LogP contribution in [0.25, 0.3) is 0 Å². The van der Waals surface area contributed by atoms with Gasteiger partial charge in [-0.05, 0) is 25.7 Å². The molecule has 0 aromatic rings. The molecule has 1 rings (SSSR count). The summed E-state index contributed by atoms with van der Waals surface area (Å²) < 4.78 is 0. The Morgan fingerprint density at radius 3 is 2.24 bits per heavy atom. The SMILES string of the molecule is CCCC1CN(C(CC)CC)C(CCC)CN1. The number of hydrogen-bond donors (Lipinski definition) is 1. The average Bonchev–Trinajstić information content (AvgIpc) is 2.34. The molecule has 2 atom stereocenters. The average molecular weight is 240 g/mol. The van der Waals surface area contributed by atoms with Crippen LogP contribution in [0.5, 0.6) is 0 Å². The van der Waals surface area contributed by atoms with Crippen LogP contribution in [0.4, 0.5) is 0 Å². The van der Waals surface area contributed by atoms with Crippen molar-refractivity contribution in [3.63, 3.8) is 0 Å². The highest BCUT2D eigenvalue weighted by molar-refractivity contribution is 4.88. The summed E-state index contributed by atoms with van der Waals surface area (Å²) >= 11 is 0. The molecule has 2 unspecified atom stereocenters. The van der Waals surface area contributed by atoms with Crippen molar-refractivity contribution in [2.75, 3.05) is 13.1 Å². The van der Waals surface area contributed by atoms with Gasteiger partial charge in [-0.1, -0.05) is 40.5 Å². The first-order valence-corrected chi connectivity index (χ1v) is 7.75. The molecule has 1 aliphatic rings. The van der Waals surface area contributed by atoms with Crippen molar-refractivity contribution in [1.29, 1.82) is 0 Å². The number of nitrogens with one attached hydrogen (secondary N) is 1. The maximum atomic E-state index is 3.75. The van der Waals surface area contributed by atoms with Gasteiger partial charge in [-0.2, -0.15) is 0 Å². The Labute approximate surface area is 108 Å². The second-order valence-corrected chi connectivity index (χ2v) is 5.50. The maximum Gasteiger partial charge on any atom is 0.0224 e. The number of nitrogens with zero attached hydrogens (tertiary/aromatic N) is 1. The molecule has 1 fully saturated rings. The van der Waals surface area contributed by atoms with E-state index in [1.807, 2.05) is 0 Å². The minimum absolute atomic E-state index is 0.730. The lowest BCUT2D eigenvalue weighted by molar-refractivity contribution is 0.0689. The minimum atomic E-state index is 0.730. The molecule has 1 N–H and O–H groups in total. The molecule has 0 amide bonds. The summed E-state index contributed by atoms with van der Waals surface area (Å²) in [6.45, 7) is 11.8. The second-order valence-electron chi connectivity index (χ2n) is 5.50. The topological polar surface area (TPSA) is 15.3 Å². The fourth-order valence-electron chi connectivity index (χ4n) is 3.24. The van der Waals surface area contributed by atoms with E-state index in [2.05, 4.69) is 37.9 Å². The normalized spacial score (nSPS) is 26.6. The van der Waals surface area contributed by atoms with Gasteiger partial charge >= 0.3 is 0 Å². The molecule has 1 aliphatic heterocycles. The molecule has 1 saturated heterocycles. The smallest absolute Gasteiger partial charge is 0.0224 e. The van der Waals surface area contributed by atoms with Crippen LogP contribution in [-0.4, -0.2) is 36.1 Å². The lowest BCUT2D eigenvalue weighted by Gasteiger charge is -2.44. The molecule has 0 aromatic heterocycles. The molecule has 17 heavy (non-hydrogen) atoms. The summed E-state index contributed by atoms with van der Waals surface area (Å²) in [6.07, 6.45) is 7.89. The fourth-order valence-corrected chi connectivity index (χ4v) is 3.24. The Hall–Kier alpha value is -0.0800. The van der Waals surface area contributed by atoms with Crippen molar-refractivity contribution in [3.8, 4) is 0 Å². The fraction of sp³-hybridized carbons (Fsp3) is 1.00. The summed E-state index contributed by atoms with van der Waals surface area (Å²) in [5, 5.41) is 3.75. The van der Waals surface area contributed by atoms with E-state index in [1.165, 1.54) is 51.6 Å². The molecule has 0 bridgehead atoms. The lowest BCUT2D eigenvalue weighted by atomic mass is 9.98. The zero-order valence-electron chi connectivity index (χ0n) is 12.3. The Bertz CT molecular complexity index is 189. The largest absolute Gasteiger partial charge is 0.311 e. The summed E-state index contributed by atoms with van der Waals surface area (Å²) in [5.41, 5.74) is 0. The monoisotopic (exact) mass is 240 g/mol. The van der Waals surface area contributed by atoms with E-state index in [1.54, 1.807) is 0 Å². The number of rotatable bonds is 7. The van der Waals surface area contributed by atoms with Crippen molar-refractivity contribution >= 4 is 0 Å². The number of hydrogen-bond acceptors (Lipinski definition) is 2. The first kappa shape index (κ1) is 15.0. The van der Waals surface area contributed by atoms with Crippen molar-refractivity contribution in [2.24, 2.45) is 0 Å². The van der Waals surface area contributed by atoms with E-state index >= 15 is 0 Å². The van der Waals surface area contributed by atoms with Gasteiger partial charge in [-0.15, -0.1) is 0 Å². The van der Waals surface area contributed by atoms with Crippen LogP contribution in [0.2, 0.25) is 0 Å². The molecule has 1 heterocycles. The molecule has 102 valence electrons. The quantitative estimate of drug-likeness (QED) is 0.733. The third-order valence-electron chi connectivity index (χ3n) is 4.21. The van der Waals surface area contributed by atoms with Crippen LogP contribution < -0.4 is 5.32 Å². The van der Waals surface area contributed by atoms with Gasteiger partial charge in [0.05, 0.1) is 0 Å². The Morgan fingerprint density at radius 1 is 1.06 bits per heavy atom. The maximum absolute atomic E-state index is 3.75. The van der Waals surface area contributed by atoms with Gasteiger partial charge in [0.1, 0.15) is 0 Å². The third-order valence-corrected chi connectivity index (χ3v) is 4.21. The molecule has 2 nitrogen and oxygen atoms in total. The molecule has 0 aromatic carbocycles. The van der Waals surface area contributed by atoms with Gasteiger partial charge in [0.25, 0.3) is 0 Å². The van der Waals surface area contributed by atoms with Crippen molar-refractivity contribution < 1.29 is 0 Å². The highest BCUT2D eigenvalue weighted by Crippen LogP contribution is 2.20. The standard InChI is InChI=1S/C15H32N2/c1-5-9-13-12-17(14(7-3)8-4)15(10-6-2)11-16-13/h13-16H,5-12H2,1-4H3. The highest BCUT2D eigenvalue weighted by atomic mass is 15.3. The van der Waals surface area contributed by atoms with Crippen LogP contribution in [0.1, 0.15) is 66.2 Å². The first-order chi connectivity index (χ1) is 8.26. The summed E-state index contributed by atoms with van der Waals surface area (Å²) in [5.74, 6) is 0. The van der Waals surface area contributed by atoms with Gasteiger partial charge in [-0.3, -0.25) is 4.90 Å².